The van der Waals surface area contributed by atoms with Crippen LogP contribution >= 0.6 is 0 Å². The molecule has 0 saturated heterocycles. The first-order valence-corrected chi connectivity index (χ1v) is 8.72. The molecule has 0 spiro atoms. The number of nitrogens with zero attached hydrogens (tertiary/aromatic N) is 2. The van der Waals surface area contributed by atoms with Crippen molar-refractivity contribution in [3.05, 3.63) is 45.2 Å². The Labute approximate surface area is 149 Å². The number of halogens is 3. The summed E-state index contributed by atoms with van der Waals surface area (Å²) in [6, 6.07) is 3.28. The van der Waals surface area contributed by atoms with Crippen LogP contribution in [0.4, 0.5) is 13.2 Å². The monoisotopic (exact) mass is 365 g/mol. The highest BCUT2D eigenvalue weighted by Crippen LogP contribution is 2.31. The Bertz CT molecular complexity index is 897. The summed E-state index contributed by atoms with van der Waals surface area (Å²) in [6.45, 7) is 1.50. The van der Waals surface area contributed by atoms with Crippen LogP contribution in [0.15, 0.2) is 28.0 Å². The molecule has 3 rings (SSSR count). The second-order valence-corrected chi connectivity index (χ2v) is 6.90. The Morgan fingerprint density at radius 2 is 2.00 bits per heavy atom. The van der Waals surface area contributed by atoms with Crippen LogP contribution in [0, 0.1) is 0 Å². The van der Waals surface area contributed by atoms with Crippen molar-refractivity contribution in [3.8, 4) is 0 Å². The van der Waals surface area contributed by atoms with E-state index in [0.29, 0.717) is 36.2 Å². The van der Waals surface area contributed by atoms with Gasteiger partial charge in [-0.3, -0.25) is 9.79 Å². The molecule has 0 aliphatic heterocycles. The SMILES string of the molecule is CN(C)CCCN=C1CCCc2[nH]c3ccc(C(F)(F)F)cc3c(=O)c21. The minimum Gasteiger partial charge on any atom is -0.358 e. The summed E-state index contributed by atoms with van der Waals surface area (Å²) in [6.07, 6.45) is -1.34. The van der Waals surface area contributed by atoms with Gasteiger partial charge in [0.05, 0.1) is 11.1 Å². The molecule has 26 heavy (non-hydrogen) atoms. The topological polar surface area (TPSA) is 48.5 Å². The third kappa shape index (κ3) is 3.82. The summed E-state index contributed by atoms with van der Waals surface area (Å²) in [5.41, 5.74) is 1.23. The third-order valence-electron chi connectivity index (χ3n) is 4.60. The minimum absolute atomic E-state index is 0.0708. The zero-order valence-corrected chi connectivity index (χ0v) is 14.9. The number of aliphatic imine (C=N–C) groups is 1. The first-order valence-electron chi connectivity index (χ1n) is 8.72. The van der Waals surface area contributed by atoms with Crippen molar-refractivity contribution < 1.29 is 13.2 Å². The Hall–Kier alpha value is -2.15. The van der Waals surface area contributed by atoms with E-state index >= 15 is 0 Å². The first kappa shape index (κ1) is 18.6. The van der Waals surface area contributed by atoms with Gasteiger partial charge in [-0.15, -0.1) is 0 Å². The van der Waals surface area contributed by atoms with Crippen LogP contribution in [-0.4, -0.2) is 42.8 Å². The maximum Gasteiger partial charge on any atom is 0.416 e. The number of nitrogens with one attached hydrogen (secondary N) is 1. The summed E-state index contributed by atoms with van der Waals surface area (Å²) >= 11 is 0. The lowest BCUT2D eigenvalue weighted by atomic mass is 9.92. The highest BCUT2D eigenvalue weighted by atomic mass is 19.4. The summed E-state index contributed by atoms with van der Waals surface area (Å²) in [4.78, 5) is 22.7. The van der Waals surface area contributed by atoms with E-state index in [1.165, 1.54) is 6.07 Å². The molecule has 2 aromatic rings. The van der Waals surface area contributed by atoms with E-state index in [4.69, 9.17) is 0 Å². The van der Waals surface area contributed by atoms with E-state index in [1.807, 2.05) is 14.1 Å². The van der Waals surface area contributed by atoms with Crippen LogP contribution < -0.4 is 5.43 Å². The molecule has 0 bridgehead atoms. The van der Waals surface area contributed by atoms with Gasteiger partial charge in [-0.2, -0.15) is 13.2 Å². The molecular formula is C19H22F3N3O. The van der Waals surface area contributed by atoms with Crippen molar-refractivity contribution in [2.24, 2.45) is 4.99 Å². The fourth-order valence-electron chi connectivity index (χ4n) is 3.32. The van der Waals surface area contributed by atoms with Crippen molar-refractivity contribution in [2.75, 3.05) is 27.2 Å². The molecule has 0 atom stereocenters. The molecule has 0 unspecified atom stereocenters. The smallest absolute Gasteiger partial charge is 0.358 e. The summed E-state index contributed by atoms with van der Waals surface area (Å²) in [7, 11) is 3.97. The standard InChI is InChI=1S/C19H22F3N3O/c1-25(2)10-4-9-23-15-5-3-6-16-17(15)18(26)13-11-12(19(20,21)22)7-8-14(13)24-16/h7-8,11H,3-6,9-10H2,1-2H3,(H,24,26). The second-order valence-electron chi connectivity index (χ2n) is 6.90. The van der Waals surface area contributed by atoms with E-state index in [0.717, 1.165) is 37.2 Å². The Kier molecular flexibility index (Phi) is 5.18. The minimum atomic E-state index is -4.47. The number of pyridine rings is 1. The fourth-order valence-corrected chi connectivity index (χ4v) is 3.32. The van der Waals surface area contributed by atoms with Crippen molar-refractivity contribution in [3.63, 3.8) is 0 Å². The molecule has 1 N–H and O–H groups in total. The van der Waals surface area contributed by atoms with Gasteiger partial charge in [-0.25, -0.2) is 0 Å². The Morgan fingerprint density at radius 1 is 1.23 bits per heavy atom. The fraction of sp³-hybridized carbons (Fsp3) is 0.474. The summed E-state index contributed by atoms with van der Waals surface area (Å²) in [5.74, 6) is 0. The number of hydrogen-bond acceptors (Lipinski definition) is 3. The normalized spacial score (nSPS) is 16.5. The van der Waals surface area contributed by atoms with E-state index in [1.54, 1.807) is 0 Å². The summed E-state index contributed by atoms with van der Waals surface area (Å²) in [5, 5.41) is 0.0708. The van der Waals surface area contributed by atoms with Gasteiger partial charge in [0, 0.05) is 28.9 Å². The van der Waals surface area contributed by atoms with Crippen LogP contribution in [0.25, 0.3) is 10.9 Å². The zero-order valence-electron chi connectivity index (χ0n) is 14.9. The maximum atomic E-state index is 13.0. The van der Waals surface area contributed by atoms with Crippen molar-refractivity contribution in [1.29, 1.82) is 0 Å². The Morgan fingerprint density at radius 3 is 2.69 bits per heavy atom. The molecule has 7 heteroatoms. The number of aromatic amines is 1. The lowest BCUT2D eigenvalue weighted by Gasteiger charge is -2.19. The average Bonchev–Trinajstić information content (AvgIpc) is 2.57. The van der Waals surface area contributed by atoms with Gasteiger partial charge in [0.25, 0.3) is 0 Å². The highest BCUT2D eigenvalue weighted by Gasteiger charge is 2.31. The van der Waals surface area contributed by atoms with Crippen LogP contribution in [0.2, 0.25) is 0 Å². The lowest BCUT2D eigenvalue weighted by molar-refractivity contribution is -0.137. The van der Waals surface area contributed by atoms with Crippen molar-refractivity contribution in [1.82, 2.24) is 9.88 Å². The largest absolute Gasteiger partial charge is 0.416 e. The van der Waals surface area contributed by atoms with Gasteiger partial charge in [0.15, 0.2) is 5.43 Å². The molecule has 1 aromatic heterocycles. The molecule has 1 aliphatic carbocycles. The van der Waals surface area contributed by atoms with Gasteiger partial charge < -0.3 is 9.88 Å². The van der Waals surface area contributed by atoms with E-state index in [2.05, 4.69) is 14.9 Å². The highest BCUT2D eigenvalue weighted by molar-refractivity contribution is 6.04. The van der Waals surface area contributed by atoms with Crippen molar-refractivity contribution >= 4 is 16.6 Å². The number of aromatic nitrogens is 1. The molecule has 140 valence electrons. The number of fused-ring (bicyclic) bond motifs is 2. The number of hydrogen-bond donors (Lipinski definition) is 1. The van der Waals surface area contributed by atoms with Crippen LogP contribution in [0.5, 0.6) is 0 Å². The zero-order chi connectivity index (χ0) is 18.9. The maximum absolute atomic E-state index is 13.0. The van der Waals surface area contributed by atoms with Gasteiger partial charge >= 0.3 is 6.18 Å². The summed E-state index contributed by atoms with van der Waals surface area (Å²) < 4.78 is 39.0. The molecule has 1 aliphatic rings. The Balaban J connectivity index is 2.04. The molecule has 0 radical (unpaired) electrons. The number of rotatable bonds is 4. The van der Waals surface area contributed by atoms with E-state index in [-0.39, 0.29) is 10.8 Å². The molecule has 0 saturated carbocycles. The van der Waals surface area contributed by atoms with Gasteiger partial charge in [-0.1, -0.05) is 0 Å². The van der Waals surface area contributed by atoms with E-state index in [9.17, 15) is 18.0 Å². The number of H-pyrrole nitrogens is 1. The third-order valence-corrected chi connectivity index (χ3v) is 4.60. The number of aryl methyl sites for hydroxylation is 1. The van der Waals surface area contributed by atoms with Gasteiger partial charge in [0.2, 0.25) is 0 Å². The second kappa shape index (κ2) is 7.23. The van der Waals surface area contributed by atoms with E-state index < -0.39 is 11.7 Å². The molecule has 0 fully saturated rings. The first-order chi connectivity index (χ1) is 12.3. The molecule has 0 amide bonds. The van der Waals surface area contributed by atoms with Crippen LogP contribution in [0.1, 0.15) is 36.1 Å². The molecular weight excluding hydrogens is 343 g/mol. The molecule has 4 nitrogen and oxygen atoms in total. The predicted octanol–water partition coefficient (Wildman–Crippen LogP) is 3.62. The number of alkyl halides is 3. The molecule has 1 aromatic carbocycles. The van der Waals surface area contributed by atoms with Crippen LogP contribution in [0.3, 0.4) is 0 Å². The van der Waals surface area contributed by atoms with Gasteiger partial charge in [-0.05, 0) is 64.5 Å². The quantitative estimate of drug-likeness (QED) is 0.842. The van der Waals surface area contributed by atoms with Crippen LogP contribution in [-0.2, 0) is 12.6 Å². The predicted molar refractivity (Wildman–Crippen MR) is 97.1 cm³/mol. The van der Waals surface area contributed by atoms with Crippen molar-refractivity contribution in [2.45, 2.75) is 31.9 Å². The van der Waals surface area contributed by atoms with Gasteiger partial charge in [0.1, 0.15) is 0 Å². The number of benzene rings is 1. The lowest BCUT2D eigenvalue weighted by Crippen LogP contribution is -2.25. The average molecular weight is 365 g/mol. The molecule has 1 heterocycles.